The number of H-pyrrole nitrogens is 1. The number of hydrogen-bond acceptors (Lipinski definition) is 8. The minimum Gasteiger partial charge on any atom is -0.423 e. The Morgan fingerprint density at radius 3 is 3.00 bits per heavy atom. The molecule has 2 aromatic carbocycles. The van der Waals surface area contributed by atoms with Crippen molar-refractivity contribution in [2.75, 3.05) is 49.7 Å². The predicted octanol–water partition coefficient (Wildman–Crippen LogP) is 4.77. The molecular weight excluding hydrogens is 474 g/mol. The van der Waals surface area contributed by atoms with Crippen molar-refractivity contribution in [3.8, 4) is 5.75 Å². The van der Waals surface area contributed by atoms with Gasteiger partial charge in [-0.3, -0.25) is 4.90 Å². The number of rotatable bonds is 10. The number of morpholine rings is 1. The average Bonchev–Trinajstić information content (AvgIpc) is 3.37. The van der Waals surface area contributed by atoms with Gasteiger partial charge in [-0.25, -0.2) is 14.8 Å². The topological polar surface area (TPSA) is 92.4 Å². The Labute approximate surface area is 214 Å². The van der Waals surface area contributed by atoms with Crippen LogP contribution in [0.1, 0.15) is 6.42 Å². The van der Waals surface area contributed by atoms with Crippen LogP contribution in [0.4, 0.5) is 11.5 Å². The van der Waals surface area contributed by atoms with Gasteiger partial charge in [0.15, 0.2) is 0 Å². The number of hydrogen-bond donors (Lipinski definition) is 2. The Kier molecular flexibility index (Phi) is 8.12. The van der Waals surface area contributed by atoms with Crippen LogP contribution in [0, 0.1) is 0 Å². The van der Waals surface area contributed by atoms with Crippen LogP contribution in [0.15, 0.2) is 67.1 Å². The van der Waals surface area contributed by atoms with E-state index in [0.717, 1.165) is 78.3 Å². The van der Waals surface area contributed by atoms with Crippen LogP contribution in [0.5, 0.6) is 5.75 Å². The van der Waals surface area contributed by atoms with Crippen LogP contribution in [0.25, 0.3) is 21.8 Å². The number of aromatic amines is 1. The molecule has 1 fully saturated rings. The van der Waals surface area contributed by atoms with E-state index in [1.807, 2.05) is 48.3 Å². The minimum absolute atomic E-state index is 0.396. The maximum absolute atomic E-state index is 12.3. The Morgan fingerprint density at radius 2 is 2.08 bits per heavy atom. The first-order valence-electron chi connectivity index (χ1n) is 12.1. The van der Waals surface area contributed by atoms with E-state index in [0.29, 0.717) is 11.6 Å². The number of benzene rings is 2. The second-order valence-corrected chi connectivity index (χ2v) is 9.66. The quantitative estimate of drug-likeness (QED) is 0.138. The summed E-state index contributed by atoms with van der Waals surface area (Å²) in [6.07, 6.45) is 7.92. The molecular formula is C27H29N5O3S. The van der Waals surface area contributed by atoms with Crippen LogP contribution in [0.2, 0.25) is 0 Å². The molecule has 36 heavy (non-hydrogen) atoms. The van der Waals surface area contributed by atoms with Crippen molar-refractivity contribution >= 4 is 51.0 Å². The molecule has 2 N–H and O–H groups in total. The van der Waals surface area contributed by atoms with Crippen molar-refractivity contribution in [3.63, 3.8) is 0 Å². The maximum atomic E-state index is 12.3. The second-order valence-electron chi connectivity index (χ2n) is 8.51. The third-order valence-electron chi connectivity index (χ3n) is 5.98. The first-order chi connectivity index (χ1) is 17.7. The summed E-state index contributed by atoms with van der Waals surface area (Å²) in [5.74, 6) is 2.55. The summed E-state index contributed by atoms with van der Waals surface area (Å²) in [5.41, 5.74) is 2.75. The van der Waals surface area contributed by atoms with Crippen LogP contribution in [0.3, 0.4) is 0 Å². The highest BCUT2D eigenvalue weighted by Crippen LogP contribution is 2.28. The van der Waals surface area contributed by atoms with Gasteiger partial charge >= 0.3 is 5.97 Å². The van der Waals surface area contributed by atoms with Crippen LogP contribution in [-0.4, -0.2) is 70.2 Å². The van der Waals surface area contributed by atoms with Crippen molar-refractivity contribution < 1.29 is 14.3 Å². The van der Waals surface area contributed by atoms with E-state index in [-0.39, 0.29) is 0 Å². The highest BCUT2D eigenvalue weighted by atomic mass is 32.2. The summed E-state index contributed by atoms with van der Waals surface area (Å²) in [4.78, 5) is 26.7. The molecule has 8 nitrogen and oxygen atoms in total. The van der Waals surface area contributed by atoms with Gasteiger partial charge in [0.1, 0.15) is 17.9 Å². The van der Waals surface area contributed by atoms with Gasteiger partial charge in [-0.15, -0.1) is 0 Å². The summed E-state index contributed by atoms with van der Waals surface area (Å²) in [7, 11) is 0. The largest absolute Gasteiger partial charge is 0.423 e. The molecule has 0 unspecified atom stereocenters. The van der Waals surface area contributed by atoms with Gasteiger partial charge in [-0.05, 0) is 61.2 Å². The van der Waals surface area contributed by atoms with Gasteiger partial charge in [0.25, 0.3) is 0 Å². The molecule has 1 saturated heterocycles. The van der Waals surface area contributed by atoms with Gasteiger partial charge in [0.2, 0.25) is 0 Å². The van der Waals surface area contributed by atoms with Crippen molar-refractivity contribution in [1.82, 2.24) is 19.9 Å². The molecule has 0 amide bonds. The first kappa shape index (κ1) is 24.3. The third-order valence-corrected chi connectivity index (χ3v) is 6.98. The van der Waals surface area contributed by atoms with Crippen molar-refractivity contribution in [3.05, 3.63) is 67.1 Å². The molecule has 0 radical (unpaired) electrons. The first-order valence-corrected chi connectivity index (χ1v) is 13.3. The third kappa shape index (κ3) is 6.42. The fourth-order valence-electron chi connectivity index (χ4n) is 4.13. The fraction of sp³-hybridized carbons (Fsp3) is 0.296. The highest BCUT2D eigenvalue weighted by Gasteiger charge is 2.10. The van der Waals surface area contributed by atoms with Gasteiger partial charge in [0.05, 0.1) is 18.7 Å². The van der Waals surface area contributed by atoms with Crippen LogP contribution in [-0.2, 0) is 9.53 Å². The average molecular weight is 504 g/mol. The number of carbonyl (C=O) groups is 1. The van der Waals surface area contributed by atoms with E-state index in [4.69, 9.17) is 9.47 Å². The van der Waals surface area contributed by atoms with Crippen molar-refractivity contribution in [1.29, 1.82) is 0 Å². The molecule has 186 valence electrons. The number of nitrogens with one attached hydrogen (secondary N) is 2. The number of ether oxygens (including phenoxy) is 2. The standard InChI is InChI=1S/C27H29N5O3S/c33-26(3-1-15-36-16-2-10-32-11-13-34-14-12-32)35-22-5-7-25-23(18-22)27(30-19-29-25)31-21-4-6-24-20(17-21)8-9-28-24/h1,3-9,17-19,28H,2,10-16H2,(H,29,30,31). The summed E-state index contributed by atoms with van der Waals surface area (Å²) in [6.45, 7) is 4.83. The van der Waals surface area contributed by atoms with E-state index in [1.165, 1.54) is 12.4 Å². The van der Waals surface area contributed by atoms with Crippen molar-refractivity contribution in [2.24, 2.45) is 0 Å². The molecule has 0 aliphatic carbocycles. The molecule has 4 aromatic rings. The second kappa shape index (κ2) is 12.0. The van der Waals surface area contributed by atoms with Gasteiger partial charge in [0, 0.05) is 53.1 Å². The lowest BCUT2D eigenvalue weighted by Crippen LogP contribution is -2.36. The molecule has 9 heteroatoms. The fourth-order valence-corrected chi connectivity index (χ4v) is 4.86. The number of aromatic nitrogens is 3. The number of fused-ring (bicyclic) bond motifs is 2. The summed E-state index contributed by atoms with van der Waals surface area (Å²) in [5, 5.41) is 5.24. The Hall–Kier alpha value is -3.40. The van der Waals surface area contributed by atoms with Gasteiger partial charge < -0.3 is 19.8 Å². The number of anilines is 2. The molecule has 1 aliphatic rings. The lowest BCUT2D eigenvalue weighted by Gasteiger charge is -2.26. The van der Waals surface area contributed by atoms with E-state index in [1.54, 1.807) is 12.1 Å². The predicted molar refractivity (Wildman–Crippen MR) is 145 cm³/mol. The minimum atomic E-state index is -0.396. The van der Waals surface area contributed by atoms with E-state index < -0.39 is 5.97 Å². The van der Waals surface area contributed by atoms with Gasteiger partial charge in [-0.1, -0.05) is 6.08 Å². The summed E-state index contributed by atoms with van der Waals surface area (Å²) in [6, 6.07) is 13.4. The van der Waals surface area contributed by atoms with E-state index in [9.17, 15) is 4.79 Å². The summed E-state index contributed by atoms with van der Waals surface area (Å²) >= 11 is 1.82. The molecule has 0 saturated carbocycles. The Balaban J connectivity index is 1.14. The van der Waals surface area contributed by atoms with Crippen molar-refractivity contribution in [2.45, 2.75) is 6.42 Å². The van der Waals surface area contributed by atoms with Crippen LogP contribution >= 0.6 is 11.8 Å². The highest BCUT2D eigenvalue weighted by molar-refractivity contribution is 7.99. The molecule has 3 heterocycles. The van der Waals surface area contributed by atoms with Gasteiger partial charge in [-0.2, -0.15) is 11.8 Å². The lowest BCUT2D eigenvalue weighted by molar-refractivity contribution is -0.128. The maximum Gasteiger partial charge on any atom is 0.335 e. The van der Waals surface area contributed by atoms with E-state index >= 15 is 0 Å². The zero-order valence-corrected chi connectivity index (χ0v) is 20.8. The SMILES string of the molecule is O=C(C=CCSCCCN1CCOCC1)Oc1ccc2ncnc(Nc3ccc4[nH]ccc4c3)c2c1. The number of esters is 1. The Morgan fingerprint density at radius 1 is 1.17 bits per heavy atom. The molecule has 0 bridgehead atoms. The number of nitrogens with zero attached hydrogens (tertiary/aromatic N) is 3. The number of carbonyl (C=O) groups excluding carboxylic acids is 1. The summed E-state index contributed by atoms with van der Waals surface area (Å²) < 4.78 is 10.9. The zero-order chi connectivity index (χ0) is 24.6. The monoisotopic (exact) mass is 503 g/mol. The normalized spacial score (nSPS) is 14.6. The lowest BCUT2D eigenvalue weighted by atomic mass is 10.2. The molecule has 0 atom stereocenters. The molecule has 2 aromatic heterocycles. The van der Waals surface area contributed by atoms with Crippen LogP contribution < -0.4 is 10.1 Å². The molecule has 1 aliphatic heterocycles. The van der Waals surface area contributed by atoms with E-state index in [2.05, 4.69) is 31.2 Å². The zero-order valence-electron chi connectivity index (χ0n) is 20.0. The number of thioether (sulfide) groups is 1. The smallest absolute Gasteiger partial charge is 0.335 e. The molecule has 0 spiro atoms. The molecule has 5 rings (SSSR count). The Bertz CT molecular complexity index is 1350.